The van der Waals surface area contributed by atoms with Crippen LogP contribution in [-0.4, -0.2) is 38.2 Å². The van der Waals surface area contributed by atoms with Crippen molar-refractivity contribution in [1.29, 1.82) is 0 Å². The Morgan fingerprint density at radius 1 is 1.50 bits per heavy atom. The van der Waals surface area contributed by atoms with Crippen molar-refractivity contribution in [3.8, 4) is 0 Å². The van der Waals surface area contributed by atoms with Crippen LogP contribution in [0.15, 0.2) is 11.7 Å². The van der Waals surface area contributed by atoms with Crippen LogP contribution in [-0.2, 0) is 18.3 Å². The maximum Gasteiger partial charge on any atom is 0.367 e. The number of carbonyl (C=O) groups is 2. The summed E-state index contributed by atoms with van der Waals surface area (Å²) >= 11 is 1.07. The molecular formula is C11H13N5O3S. The highest BCUT2D eigenvalue weighted by Crippen LogP contribution is 2.11. The Labute approximate surface area is 118 Å². The van der Waals surface area contributed by atoms with Gasteiger partial charge in [-0.2, -0.15) is 0 Å². The van der Waals surface area contributed by atoms with Gasteiger partial charge in [-0.1, -0.05) is 0 Å². The number of aromatic nitrogens is 4. The second-order valence-corrected chi connectivity index (χ2v) is 4.66. The molecule has 2 rings (SSSR count). The van der Waals surface area contributed by atoms with Gasteiger partial charge < -0.3 is 14.6 Å². The molecule has 1 amide bonds. The van der Waals surface area contributed by atoms with Crippen molar-refractivity contribution in [2.75, 3.05) is 6.61 Å². The van der Waals surface area contributed by atoms with Gasteiger partial charge >= 0.3 is 5.97 Å². The lowest BCUT2D eigenvalue weighted by Gasteiger charge is -2.02. The molecule has 0 spiro atoms. The molecule has 0 aliphatic carbocycles. The van der Waals surface area contributed by atoms with Gasteiger partial charge in [-0.25, -0.2) is 9.78 Å². The first-order valence-corrected chi connectivity index (χ1v) is 6.73. The van der Waals surface area contributed by atoms with Crippen molar-refractivity contribution in [3.05, 3.63) is 28.2 Å². The molecule has 2 aromatic heterocycles. The molecule has 8 nitrogen and oxygen atoms in total. The van der Waals surface area contributed by atoms with E-state index in [2.05, 4.69) is 20.5 Å². The zero-order valence-corrected chi connectivity index (χ0v) is 11.8. The summed E-state index contributed by atoms with van der Waals surface area (Å²) in [4.78, 5) is 27.3. The van der Waals surface area contributed by atoms with Gasteiger partial charge in [0.25, 0.3) is 5.91 Å². The van der Waals surface area contributed by atoms with Crippen LogP contribution in [0.4, 0.5) is 0 Å². The summed E-state index contributed by atoms with van der Waals surface area (Å²) in [6, 6.07) is 0. The highest BCUT2D eigenvalue weighted by atomic mass is 32.1. The van der Waals surface area contributed by atoms with Crippen LogP contribution < -0.4 is 5.32 Å². The quantitative estimate of drug-likeness (QED) is 0.801. The fourth-order valence-electron chi connectivity index (χ4n) is 1.38. The number of aryl methyl sites for hydroxylation is 1. The van der Waals surface area contributed by atoms with Gasteiger partial charge in [0.1, 0.15) is 12.0 Å². The second kappa shape index (κ2) is 6.24. The summed E-state index contributed by atoms with van der Waals surface area (Å²) in [5.74, 6) is -0.274. The van der Waals surface area contributed by atoms with Gasteiger partial charge in [0, 0.05) is 12.4 Å². The van der Waals surface area contributed by atoms with Crippen LogP contribution in [0.3, 0.4) is 0 Å². The van der Waals surface area contributed by atoms with Gasteiger partial charge in [0.15, 0.2) is 5.82 Å². The molecule has 2 heterocycles. The third-order valence-electron chi connectivity index (χ3n) is 2.40. The van der Waals surface area contributed by atoms with Crippen LogP contribution in [0.25, 0.3) is 0 Å². The fraction of sp³-hybridized carbons (Fsp3) is 0.364. The molecule has 0 radical (unpaired) electrons. The molecular weight excluding hydrogens is 282 g/mol. The Morgan fingerprint density at radius 2 is 2.30 bits per heavy atom. The molecule has 2 aromatic rings. The molecule has 0 bridgehead atoms. The lowest BCUT2D eigenvalue weighted by atomic mass is 10.4. The van der Waals surface area contributed by atoms with Gasteiger partial charge in [0.2, 0.25) is 5.01 Å². The number of rotatable bonds is 5. The average molecular weight is 295 g/mol. The SMILES string of the molecule is CCOC(=O)c1nc(C(=O)NCc2nncn2C)cs1. The lowest BCUT2D eigenvalue weighted by molar-refractivity contribution is 0.0526. The number of nitrogens with zero attached hydrogens (tertiary/aromatic N) is 4. The number of amides is 1. The topological polar surface area (TPSA) is 99.0 Å². The Kier molecular flexibility index (Phi) is 4.41. The molecule has 0 atom stereocenters. The second-order valence-electron chi connectivity index (χ2n) is 3.80. The summed E-state index contributed by atoms with van der Waals surface area (Å²) in [5.41, 5.74) is 0.181. The summed E-state index contributed by atoms with van der Waals surface area (Å²) in [5, 5.41) is 11.9. The molecule has 20 heavy (non-hydrogen) atoms. The first kappa shape index (κ1) is 14.1. The van der Waals surface area contributed by atoms with E-state index >= 15 is 0 Å². The smallest absolute Gasteiger partial charge is 0.367 e. The van der Waals surface area contributed by atoms with Crippen LogP contribution in [0.5, 0.6) is 0 Å². The van der Waals surface area contributed by atoms with E-state index in [1.54, 1.807) is 24.9 Å². The predicted octanol–water partition coefficient (Wildman–Crippen LogP) is 0.378. The molecule has 0 saturated heterocycles. The number of carbonyl (C=O) groups excluding carboxylic acids is 2. The maximum absolute atomic E-state index is 11.9. The van der Waals surface area contributed by atoms with E-state index in [-0.39, 0.29) is 29.8 Å². The highest BCUT2D eigenvalue weighted by molar-refractivity contribution is 7.11. The Bertz CT molecular complexity index is 621. The third kappa shape index (κ3) is 3.18. The molecule has 0 aromatic carbocycles. The zero-order chi connectivity index (χ0) is 14.5. The Hall–Kier alpha value is -2.29. The summed E-state index contributed by atoms with van der Waals surface area (Å²) < 4.78 is 6.51. The summed E-state index contributed by atoms with van der Waals surface area (Å²) in [6.07, 6.45) is 1.54. The van der Waals surface area contributed by atoms with Crippen molar-refractivity contribution in [2.45, 2.75) is 13.5 Å². The number of nitrogens with one attached hydrogen (secondary N) is 1. The lowest BCUT2D eigenvalue weighted by Crippen LogP contribution is -2.24. The zero-order valence-electron chi connectivity index (χ0n) is 11.0. The van der Waals surface area contributed by atoms with Gasteiger partial charge in [0.05, 0.1) is 13.2 Å². The van der Waals surface area contributed by atoms with E-state index in [1.807, 2.05) is 0 Å². The standard InChI is InChI=1S/C11H13N5O3S/c1-3-19-11(18)10-14-7(5-20-10)9(17)12-4-8-15-13-6-16(8)2/h5-6H,3-4H2,1-2H3,(H,12,17). The number of ether oxygens (including phenoxy) is 1. The largest absolute Gasteiger partial charge is 0.461 e. The Morgan fingerprint density at radius 3 is 2.95 bits per heavy atom. The van der Waals surface area contributed by atoms with E-state index in [9.17, 15) is 9.59 Å². The average Bonchev–Trinajstić information content (AvgIpc) is 3.05. The van der Waals surface area contributed by atoms with Crippen molar-refractivity contribution in [3.63, 3.8) is 0 Å². The highest BCUT2D eigenvalue weighted by Gasteiger charge is 2.16. The third-order valence-corrected chi connectivity index (χ3v) is 3.22. The van der Waals surface area contributed by atoms with E-state index in [0.717, 1.165) is 11.3 Å². The molecule has 1 N–H and O–H groups in total. The van der Waals surface area contributed by atoms with E-state index in [1.165, 1.54) is 5.38 Å². The monoisotopic (exact) mass is 295 g/mol. The molecule has 0 fully saturated rings. The van der Waals surface area contributed by atoms with E-state index in [0.29, 0.717) is 5.82 Å². The molecule has 0 aliphatic rings. The van der Waals surface area contributed by atoms with E-state index in [4.69, 9.17) is 4.74 Å². The van der Waals surface area contributed by atoms with Gasteiger partial charge in [-0.3, -0.25) is 4.79 Å². The molecule has 9 heteroatoms. The van der Waals surface area contributed by atoms with E-state index < -0.39 is 5.97 Å². The van der Waals surface area contributed by atoms with Crippen molar-refractivity contribution < 1.29 is 14.3 Å². The van der Waals surface area contributed by atoms with Crippen molar-refractivity contribution in [1.82, 2.24) is 25.1 Å². The minimum Gasteiger partial charge on any atom is -0.461 e. The van der Waals surface area contributed by atoms with Crippen molar-refractivity contribution >= 4 is 23.2 Å². The van der Waals surface area contributed by atoms with Crippen LogP contribution in [0.2, 0.25) is 0 Å². The molecule has 0 aliphatic heterocycles. The van der Waals surface area contributed by atoms with Gasteiger partial charge in [-0.05, 0) is 6.92 Å². The molecule has 106 valence electrons. The van der Waals surface area contributed by atoms with Crippen molar-refractivity contribution in [2.24, 2.45) is 7.05 Å². The fourth-order valence-corrected chi connectivity index (χ4v) is 2.07. The molecule has 0 unspecified atom stereocenters. The summed E-state index contributed by atoms with van der Waals surface area (Å²) in [6.45, 7) is 2.22. The number of thiazole rings is 1. The minimum atomic E-state index is -0.523. The van der Waals surface area contributed by atoms with Crippen LogP contribution >= 0.6 is 11.3 Å². The number of hydrogen-bond donors (Lipinski definition) is 1. The van der Waals surface area contributed by atoms with Crippen LogP contribution in [0.1, 0.15) is 33.0 Å². The first-order chi connectivity index (χ1) is 9.61. The van der Waals surface area contributed by atoms with Crippen LogP contribution in [0, 0.1) is 0 Å². The summed E-state index contributed by atoms with van der Waals surface area (Å²) in [7, 11) is 1.78. The Balaban J connectivity index is 1.96. The van der Waals surface area contributed by atoms with Gasteiger partial charge in [-0.15, -0.1) is 21.5 Å². The number of esters is 1. The molecule has 0 saturated carbocycles. The predicted molar refractivity (Wildman–Crippen MR) is 70.2 cm³/mol. The normalized spacial score (nSPS) is 10.3. The maximum atomic E-state index is 11.9. The minimum absolute atomic E-state index is 0.163. The number of hydrogen-bond acceptors (Lipinski definition) is 7. The first-order valence-electron chi connectivity index (χ1n) is 5.85.